The van der Waals surface area contributed by atoms with Crippen molar-refractivity contribution in [3.63, 3.8) is 0 Å². The minimum atomic E-state index is 0.786. The Morgan fingerprint density at radius 1 is 1.31 bits per heavy atom. The molecule has 1 atom stereocenters. The topological polar surface area (TPSA) is 24.3 Å². The van der Waals surface area contributed by atoms with Gasteiger partial charge in [-0.15, -0.1) is 0 Å². The van der Waals surface area contributed by atoms with Crippen molar-refractivity contribution in [1.82, 2.24) is 14.7 Å². The lowest BCUT2D eigenvalue weighted by Crippen LogP contribution is -2.50. The molecule has 0 aromatic carbocycles. The van der Waals surface area contributed by atoms with Crippen LogP contribution in [0, 0.1) is 6.92 Å². The molecule has 88 valence electrons. The van der Waals surface area contributed by atoms with Crippen LogP contribution in [0.15, 0.2) is 6.20 Å². The fourth-order valence-corrected chi connectivity index (χ4v) is 3.11. The van der Waals surface area contributed by atoms with Crippen LogP contribution in [-0.2, 0) is 7.05 Å². The van der Waals surface area contributed by atoms with Gasteiger partial charge in [-0.1, -0.05) is 0 Å². The van der Waals surface area contributed by atoms with E-state index in [1.54, 1.807) is 0 Å². The Hall–Kier alpha value is -1.03. The molecular weight excluding hydrogens is 200 g/mol. The number of hydrogen-bond acceptors (Lipinski definition) is 3. The second-order valence-corrected chi connectivity index (χ2v) is 5.05. The fourth-order valence-electron chi connectivity index (χ4n) is 3.11. The molecule has 1 aromatic rings. The monoisotopic (exact) mass is 220 g/mol. The Bertz CT molecular complexity index is 384. The predicted molar refractivity (Wildman–Crippen MR) is 64.8 cm³/mol. The molecule has 0 aliphatic carbocycles. The summed E-state index contributed by atoms with van der Waals surface area (Å²) in [4.78, 5) is 5.15. The highest BCUT2D eigenvalue weighted by Crippen LogP contribution is 2.26. The first kappa shape index (κ1) is 10.1. The van der Waals surface area contributed by atoms with Gasteiger partial charge in [-0.25, -0.2) is 0 Å². The average molecular weight is 220 g/mol. The molecule has 0 spiro atoms. The molecule has 0 radical (unpaired) electrons. The zero-order valence-corrected chi connectivity index (χ0v) is 10.2. The third kappa shape index (κ3) is 1.61. The van der Waals surface area contributed by atoms with E-state index in [-0.39, 0.29) is 0 Å². The first-order valence-corrected chi connectivity index (χ1v) is 6.23. The van der Waals surface area contributed by atoms with Gasteiger partial charge in [0.15, 0.2) is 0 Å². The Labute approximate surface area is 96.8 Å². The maximum Gasteiger partial charge on any atom is 0.0827 e. The highest BCUT2D eigenvalue weighted by atomic mass is 15.3. The Morgan fingerprint density at radius 3 is 2.94 bits per heavy atom. The summed E-state index contributed by atoms with van der Waals surface area (Å²) in [6.07, 6.45) is 4.90. The third-order valence-electron chi connectivity index (χ3n) is 3.92. The van der Waals surface area contributed by atoms with E-state index in [1.807, 2.05) is 11.7 Å². The van der Waals surface area contributed by atoms with Gasteiger partial charge >= 0.3 is 0 Å². The number of aryl methyl sites for hydroxylation is 2. The highest BCUT2D eigenvalue weighted by Gasteiger charge is 2.31. The minimum absolute atomic E-state index is 0.786. The van der Waals surface area contributed by atoms with Crippen molar-refractivity contribution in [1.29, 1.82) is 0 Å². The molecule has 0 bridgehead atoms. The van der Waals surface area contributed by atoms with Gasteiger partial charge in [0.1, 0.15) is 0 Å². The van der Waals surface area contributed by atoms with Crippen LogP contribution in [0.1, 0.15) is 18.5 Å². The van der Waals surface area contributed by atoms with E-state index in [4.69, 9.17) is 0 Å². The van der Waals surface area contributed by atoms with E-state index < -0.39 is 0 Å². The summed E-state index contributed by atoms with van der Waals surface area (Å²) in [6.45, 7) is 6.98. The lowest BCUT2D eigenvalue weighted by Gasteiger charge is -2.38. The number of anilines is 1. The summed E-state index contributed by atoms with van der Waals surface area (Å²) in [5.41, 5.74) is 2.49. The molecule has 1 unspecified atom stereocenters. The Kier molecular flexibility index (Phi) is 2.39. The summed E-state index contributed by atoms with van der Waals surface area (Å²) in [6, 6.07) is 0.786. The third-order valence-corrected chi connectivity index (χ3v) is 3.92. The summed E-state index contributed by atoms with van der Waals surface area (Å²) >= 11 is 0. The molecule has 4 heteroatoms. The molecule has 2 saturated heterocycles. The average Bonchev–Trinajstić information content (AvgIpc) is 2.83. The van der Waals surface area contributed by atoms with Crippen LogP contribution in [0.25, 0.3) is 0 Å². The number of aromatic nitrogens is 2. The van der Waals surface area contributed by atoms with Gasteiger partial charge in [-0.05, 0) is 26.3 Å². The fraction of sp³-hybridized carbons (Fsp3) is 0.750. The van der Waals surface area contributed by atoms with Crippen LogP contribution in [-0.4, -0.2) is 46.9 Å². The molecule has 3 rings (SSSR count). The second-order valence-electron chi connectivity index (χ2n) is 5.05. The lowest BCUT2D eigenvalue weighted by atomic mass is 10.1. The van der Waals surface area contributed by atoms with Crippen LogP contribution < -0.4 is 4.90 Å². The van der Waals surface area contributed by atoms with Crippen molar-refractivity contribution in [2.24, 2.45) is 7.05 Å². The van der Waals surface area contributed by atoms with Gasteiger partial charge in [-0.2, -0.15) is 5.10 Å². The number of hydrogen-bond donors (Lipinski definition) is 0. The van der Waals surface area contributed by atoms with Crippen LogP contribution in [0.4, 0.5) is 5.69 Å². The summed E-state index contributed by atoms with van der Waals surface area (Å²) < 4.78 is 1.92. The maximum absolute atomic E-state index is 4.43. The van der Waals surface area contributed by atoms with E-state index in [2.05, 4.69) is 28.0 Å². The van der Waals surface area contributed by atoms with Crippen LogP contribution in [0.5, 0.6) is 0 Å². The zero-order valence-electron chi connectivity index (χ0n) is 10.2. The summed E-state index contributed by atoms with van der Waals surface area (Å²) in [5.74, 6) is 0. The molecule has 4 nitrogen and oxygen atoms in total. The molecule has 2 fully saturated rings. The summed E-state index contributed by atoms with van der Waals surface area (Å²) in [5, 5.41) is 4.43. The maximum atomic E-state index is 4.43. The van der Waals surface area contributed by atoms with Crippen molar-refractivity contribution in [3.05, 3.63) is 11.9 Å². The van der Waals surface area contributed by atoms with Crippen molar-refractivity contribution in [2.75, 3.05) is 31.1 Å². The van der Waals surface area contributed by atoms with Crippen molar-refractivity contribution in [2.45, 2.75) is 25.8 Å². The predicted octanol–water partition coefficient (Wildman–Crippen LogP) is 1.01. The van der Waals surface area contributed by atoms with Gasteiger partial charge in [0.2, 0.25) is 0 Å². The standard InChI is InChI=1S/C12H20N4/c1-10-12(9-14(2)13-10)16-7-6-15-5-3-4-11(15)8-16/h9,11H,3-8H2,1-2H3. The zero-order chi connectivity index (χ0) is 11.1. The quantitative estimate of drug-likeness (QED) is 0.706. The van der Waals surface area contributed by atoms with Crippen molar-refractivity contribution in [3.8, 4) is 0 Å². The van der Waals surface area contributed by atoms with Gasteiger partial charge in [0.25, 0.3) is 0 Å². The van der Waals surface area contributed by atoms with Crippen LogP contribution in [0.2, 0.25) is 0 Å². The summed E-state index contributed by atoms with van der Waals surface area (Å²) in [7, 11) is 2.00. The van der Waals surface area contributed by atoms with Gasteiger partial charge in [0.05, 0.1) is 11.4 Å². The number of piperazine rings is 1. The second kappa shape index (κ2) is 3.77. The van der Waals surface area contributed by atoms with E-state index >= 15 is 0 Å². The van der Waals surface area contributed by atoms with E-state index in [0.29, 0.717) is 0 Å². The molecule has 1 aromatic heterocycles. The molecule has 16 heavy (non-hydrogen) atoms. The molecule has 0 saturated carbocycles. The smallest absolute Gasteiger partial charge is 0.0827 e. The van der Waals surface area contributed by atoms with Gasteiger partial charge in [0, 0.05) is 38.9 Å². The lowest BCUT2D eigenvalue weighted by molar-refractivity contribution is 0.231. The van der Waals surface area contributed by atoms with E-state index in [0.717, 1.165) is 18.3 Å². The van der Waals surface area contributed by atoms with E-state index in [1.165, 1.54) is 38.2 Å². The molecule has 2 aliphatic rings. The number of rotatable bonds is 1. The number of nitrogens with zero attached hydrogens (tertiary/aromatic N) is 4. The SMILES string of the molecule is Cc1nn(C)cc1N1CCN2CCCC2C1. The van der Waals surface area contributed by atoms with Gasteiger partial charge in [-0.3, -0.25) is 9.58 Å². The van der Waals surface area contributed by atoms with Crippen LogP contribution in [0.3, 0.4) is 0 Å². The molecular formula is C12H20N4. The molecule has 3 heterocycles. The Balaban J connectivity index is 1.78. The van der Waals surface area contributed by atoms with Crippen LogP contribution >= 0.6 is 0 Å². The number of fused-ring (bicyclic) bond motifs is 1. The molecule has 2 aliphatic heterocycles. The first-order chi connectivity index (χ1) is 7.74. The minimum Gasteiger partial charge on any atom is -0.366 e. The molecule has 0 amide bonds. The largest absolute Gasteiger partial charge is 0.366 e. The molecule has 0 N–H and O–H groups in total. The normalized spacial score (nSPS) is 26.1. The Morgan fingerprint density at radius 2 is 2.19 bits per heavy atom. The highest BCUT2D eigenvalue weighted by molar-refractivity contribution is 5.49. The van der Waals surface area contributed by atoms with Crippen molar-refractivity contribution < 1.29 is 0 Å². The van der Waals surface area contributed by atoms with E-state index in [9.17, 15) is 0 Å². The van der Waals surface area contributed by atoms with Crippen molar-refractivity contribution >= 4 is 5.69 Å². The first-order valence-electron chi connectivity index (χ1n) is 6.23. The van der Waals surface area contributed by atoms with Gasteiger partial charge < -0.3 is 4.90 Å².